The molecule has 1 heterocycles. The zero-order chi connectivity index (χ0) is 18.0. The summed E-state index contributed by atoms with van der Waals surface area (Å²) in [5, 5.41) is 3.53. The number of rotatable bonds is 5. The van der Waals surface area contributed by atoms with Crippen LogP contribution in [0.5, 0.6) is 0 Å². The van der Waals surface area contributed by atoms with E-state index in [4.69, 9.17) is 11.6 Å². The highest BCUT2D eigenvalue weighted by Gasteiger charge is 2.46. The van der Waals surface area contributed by atoms with Crippen LogP contribution in [0.1, 0.15) is 37.8 Å². The topological polar surface area (TPSA) is 66.5 Å². The molecule has 0 unspecified atom stereocenters. The zero-order valence-electron chi connectivity index (χ0n) is 14.1. The van der Waals surface area contributed by atoms with E-state index in [0.717, 1.165) is 5.56 Å². The van der Waals surface area contributed by atoms with Crippen molar-refractivity contribution in [2.45, 2.75) is 32.2 Å². The van der Waals surface area contributed by atoms with E-state index in [1.54, 1.807) is 12.1 Å². The number of carbonyl (C=O) groups is 3. The van der Waals surface area contributed by atoms with E-state index in [9.17, 15) is 14.4 Å². The molecule has 5 nitrogen and oxygen atoms in total. The second-order valence-corrected chi connectivity index (χ2v) is 7.01. The SMILES string of the molecule is C[C@H](NC(=O)CCN1C(=O)[C@H]2CC=CC[C@@H]2C1=O)c1ccc(Cl)cc1. The lowest BCUT2D eigenvalue weighted by Gasteiger charge is -2.17. The van der Waals surface area contributed by atoms with Gasteiger partial charge in [0.15, 0.2) is 0 Å². The van der Waals surface area contributed by atoms with Crippen LogP contribution in [0.3, 0.4) is 0 Å². The molecule has 2 aliphatic rings. The van der Waals surface area contributed by atoms with Gasteiger partial charge in [-0.15, -0.1) is 0 Å². The van der Waals surface area contributed by atoms with Gasteiger partial charge in [-0.1, -0.05) is 35.9 Å². The Hall–Kier alpha value is -2.14. The summed E-state index contributed by atoms with van der Waals surface area (Å²) in [4.78, 5) is 38.2. The van der Waals surface area contributed by atoms with Gasteiger partial charge in [-0.05, 0) is 37.5 Å². The number of nitrogens with zero attached hydrogens (tertiary/aromatic N) is 1. The highest BCUT2D eigenvalue weighted by molar-refractivity contribution is 6.30. The molecule has 1 aromatic carbocycles. The third kappa shape index (κ3) is 3.76. The molecule has 1 saturated heterocycles. The molecular formula is C19H21ClN2O3. The lowest BCUT2D eigenvalue weighted by atomic mass is 9.85. The molecular weight excluding hydrogens is 340 g/mol. The van der Waals surface area contributed by atoms with Gasteiger partial charge in [0, 0.05) is 18.0 Å². The molecule has 1 fully saturated rings. The molecule has 0 bridgehead atoms. The maximum absolute atomic E-state index is 12.4. The van der Waals surface area contributed by atoms with Gasteiger partial charge < -0.3 is 5.32 Å². The van der Waals surface area contributed by atoms with Crippen molar-refractivity contribution in [1.29, 1.82) is 0 Å². The maximum Gasteiger partial charge on any atom is 0.233 e. The molecule has 1 aromatic rings. The summed E-state index contributed by atoms with van der Waals surface area (Å²) in [6.07, 6.45) is 5.26. The highest BCUT2D eigenvalue weighted by Crippen LogP contribution is 2.35. The lowest BCUT2D eigenvalue weighted by Crippen LogP contribution is -2.36. The van der Waals surface area contributed by atoms with Gasteiger partial charge in [0.25, 0.3) is 0 Å². The van der Waals surface area contributed by atoms with Crippen LogP contribution in [0.4, 0.5) is 0 Å². The number of allylic oxidation sites excluding steroid dienone is 2. The van der Waals surface area contributed by atoms with E-state index >= 15 is 0 Å². The molecule has 6 heteroatoms. The largest absolute Gasteiger partial charge is 0.350 e. The first kappa shape index (κ1) is 17.7. The quantitative estimate of drug-likeness (QED) is 0.648. The molecule has 3 amide bonds. The summed E-state index contributed by atoms with van der Waals surface area (Å²) in [5.41, 5.74) is 0.947. The first-order valence-electron chi connectivity index (χ1n) is 8.52. The fourth-order valence-electron chi connectivity index (χ4n) is 3.45. The van der Waals surface area contributed by atoms with Crippen molar-refractivity contribution in [1.82, 2.24) is 10.2 Å². The Morgan fingerprint density at radius 3 is 2.28 bits per heavy atom. The summed E-state index contributed by atoms with van der Waals surface area (Å²) in [6.45, 7) is 2.03. The number of imide groups is 1. The normalized spacial score (nSPS) is 23.5. The summed E-state index contributed by atoms with van der Waals surface area (Å²) in [5.74, 6) is -0.950. The molecule has 1 aliphatic carbocycles. The second kappa shape index (κ2) is 7.40. The monoisotopic (exact) mass is 360 g/mol. The standard InChI is InChI=1S/C19H21ClN2O3/c1-12(13-6-8-14(20)9-7-13)21-17(23)10-11-22-18(24)15-4-2-3-5-16(15)19(22)25/h2-3,6-9,12,15-16H,4-5,10-11H2,1H3,(H,21,23)/t12-,15-,16-/m0/s1. The minimum absolute atomic E-state index is 0.113. The smallest absolute Gasteiger partial charge is 0.233 e. The predicted molar refractivity (Wildman–Crippen MR) is 94.7 cm³/mol. The third-order valence-corrected chi connectivity index (χ3v) is 5.16. The first-order chi connectivity index (χ1) is 12.0. The molecule has 1 aliphatic heterocycles. The van der Waals surface area contributed by atoms with Crippen LogP contribution in [0.15, 0.2) is 36.4 Å². The lowest BCUT2D eigenvalue weighted by molar-refractivity contribution is -0.140. The first-order valence-corrected chi connectivity index (χ1v) is 8.90. The Morgan fingerprint density at radius 1 is 1.16 bits per heavy atom. The van der Waals surface area contributed by atoms with Gasteiger partial charge in [-0.2, -0.15) is 0 Å². The third-order valence-electron chi connectivity index (χ3n) is 4.91. The highest BCUT2D eigenvalue weighted by atomic mass is 35.5. The predicted octanol–water partition coefficient (Wildman–Crippen LogP) is 2.86. The molecule has 3 atom stereocenters. The molecule has 0 radical (unpaired) electrons. The average molecular weight is 361 g/mol. The van der Waals surface area contributed by atoms with E-state index in [-0.39, 0.29) is 48.6 Å². The number of fused-ring (bicyclic) bond motifs is 1. The van der Waals surface area contributed by atoms with Gasteiger partial charge in [0.1, 0.15) is 0 Å². The Kier molecular flexibility index (Phi) is 5.23. The van der Waals surface area contributed by atoms with Crippen molar-refractivity contribution >= 4 is 29.3 Å². The van der Waals surface area contributed by atoms with Gasteiger partial charge in [-0.3, -0.25) is 19.3 Å². The summed E-state index contributed by atoms with van der Waals surface area (Å²) in [6, 6.07) is 7.10. The number of benzene rings is 1. The molecule has 1 N–H and O–H groups in total. The minimum atomic E-state index is -0.242. The van der Waals surface area contributed by atoms with Crippen molar-refractivity contribution in [3.63, 3.8) is 0 Å². The van der Waals surface area contributed by atoms with Crippen molar-refractivity contribution in [2.75, 3.05) is 6.54 Å². The average Bonchev–Trinajstić information content (AvgIpc) is 2.85. The summed E-state index contributed by atoms with van der Waals surface area (Å²) < 4.78 is 0. The Balaban J connectivity index is 1.53. The van der Waals surface area contributed by atoms with Crippen LogP contribution in [0, 0.1) is 11.8 Å². The number of carbonyl (C=O) groups excluding carboxylic acids is 3. The van der Waals surface area contributed by atoms with Crippen LogP contribution in [0.2, 0.25) is 5.02 Å². The van der Waals surface area contributed by atoms with Crippen molar-refractivity contribution in [3.05, 3.63) is 47.0 Å². The van der Waals surface area contributed by atoms with Gasteiger partial charge >= 0.3 is 0 Å². The van der Waals surface area contributed by atoms with Gasteiger partial charge in [-0.25, -0.2) is 0 Å². The number of amides is 3. The zero-order valence-corrected chi connectivity index (χ0v) is 14.8. The van der Waals surface area contributed by atoms with Gasteiger partial charge in [0.2, 0.25) is 17.7 Å². The Bertz CT molecular complexity index is 688. The Labute approximate surface area is 152 Å². The molecule has 25 heavy (non-hydrogen) atoms. The van der Waals surface area contributed by atoms with Gasteiger partial charge in [0.05, 0.1) is 17.9 Å². The molecule has 0 spiro atoms. The van der Waals surface area contributed by atoms with Crippen molar-refractivity contribution in [3.8, 4) is 0 Å². The van der Waals surface area contributed by atoms with E-state index in [2.05, 4.69) is 5.32 Å². The number of hydrogen-bond acceptors (Lipinski definition) is 3. The van der Waals surface area contributed by atoms with E-state index in [0.29, 0.717) is 17.9 Å². The molecule has 0 saturated carbocycles. The number of nitrogens with one attached hydrogen (secondary N) is 1. The fraction of sp³-hybridized carbons (Fsp3) is 0.421. The molecule has 0 aromatic heterocycles. The Morgan fingerprint density at radius 2 is 1.72 bits per heavy atom. The second-order valence-electron chi connectivity index (χ2n) is 6.57. The summed E-state index contributed by atoms with van der Waals surface area (Å²) in [7, 11) is 0. The maximum atomic E-state index is 12.4. The fourth-order valence-corrected chi connectivity index (χ4v) is 3.58. The van der Waals surface area contributed by atoms with Crippen molar-refractivity contribution < 1.29 is 14.4 Å². The van der Waals surface area contributed by atoms with Crippen LogP contribution in [-0.4, -0.2) is 29.2 Å². The van der Waals surface area contributed by atoms with Crippen LogP contribution >= 0.6 is 11.6 Å². The molecule has 3 rings (SSSR count). The molecule has 132 valence electrons. The van der Waals surface area contributed by atoms with E-state index in [1.807, 2.05) is 31.2 Å². The summed E-state index contributed by atoms with van der Waals surface area (Å²) >= 11 is 5.86. The van der Waals surface area contributed by atoms with E-state index in [1.165, 1.54) is 4.90 Å². The number of likely N-dealkylation sites (tertiary alicyclic amines) is 1. The number of hydrogen-bond donors (Lipinski definition) is 1. The van der Waals surface area contributed by atoms with E-state index < -0.39 is 0 Å². The van der Waals surface area contributed by atoms with Crippen molar-refractivity contribution in [2.24, 2.45) is 11.8 Å². The number of halogens is 1. The van der Waals surface area contributed by atoms with Crippen LogP contribution in [-0.2, 0) is 14.4 Å². The minimum Gasteiger partial charge on any atom is -0.350 e. The van der Waals surface area contributed by atoms with Crippen LogP contribution < -0.4 is 5.32 Å². The van der Waals surface area contributed by atoms with Crippen LogP contribution in [0.25, 0.3) is 0 Å².